The van der Waals surface area contributed by atoms with Crippen LogP contribution in [-0.2, 0) is 11.3 Å². The number of benzene rings is 2. The van der Waals surface area contributed by atoms with Crippen LogP contribution in [0.1, 0.15) is 18.5 Å². The van der Waals surface area contributed by atoms with Crippen molar-refractivity contribution in [3.63, 3.8) is 0 Å². The minimum Gasteiger partial charge on any atom is -0.348 e. The van der Waals surface area contributed by atoms with Crippen LogP contribution >= 0.6 is 15.9 Å². The Morgan fingerprint density at radius 2 is 1.88 bits per heavy atom. The molecule has 6 nitrogen and oxygen atoms in total. The third-order valence-electron chi connectivity index (χ3n) is 3.52. The minimum atomic E-state index is -0.164. The lowest BCUT2D eigenvalue weighted by molar-refractivity contribution is -0.122. The Bertz CT molecular complexity index is 817. The van der Waals surface area contributed by atoms with Crippen LogP contribution in [0.2, 0.25) is 0 Å². The van der Waals surface area contributed by atoms with Gasteiger partial charge in [-0.15, -0.1) is 10.2 Å². The van der Waals surface area contributed by atoms with E-state index in [2.05, 4.69) is 36.7 Å². The number of halogens is 1. The van der Waals surface area contributed by atoms with E-state index < -0.39 is 0 Å². The molecule has 0 fully saturated rings. The zero-order chi connectivity index (χ0) is 16.9. The summed E-state index contributed by atoms with van der Waals surface area (Å²) in [4.78, 5) is 13.5. The highest BCUT2D eigenvalue weighted by atomic mass is 79.9. The molecule has 1 unspecified atom stereocenters. The highest BCUT2D eigenvalue weighted by Crippen LogP contribution is 2.16. The summed E-state index contributed by atoms with van der Waals surface area (Å²) < 4.78 is 1.00. The molecule has 1 N–H and O–H groups in total. The third-order valence-corrected chi connectivity index (χ3v) is 4.05. The van der Waals surface area contributed by atoms with E-state index in [9.17, 15) is 4.79 Å². The number of aromatic nitrogens is 4. The van der Waals surface area contributed by atoms with E-state index >= 15 is 0 Å². The van der Waals surface area contributed by atoms with Gasteiger partial charge in [0.25, 0.3) is 0 Å². The van der Waals surface area contributed by atoms with E-state index in [1.54, 1.807) is 0 Å². The van der Waals surface area contributed by atoms with Crippen LogP contribution in [0.5, 0.6) is 0 Å². The fourth-order valence-corrected chi connectivity index (χ4v) is 2.53. The number of carbonyl (C=O) groups excluding carboxylic acids is 1. The SMILES string of the molecule is CC(NC(=O)Cn1nnc(-c2ccccc2)n1)c1ccc(Br)cc1. The maximum atomic E-state index is 12.2. The maximum Gasteiger partial charge on any atom is 0.244 e. The highest BCUT2D eigenvalue weighted by molar-refractivity contribution is 9.10. The minimum absolute atomic E-state index is 0.0285. The number of nitrogens with zero attached hydrogens (tertiary/aromatic N) is 4. The van der Waals surface area contributed by atoms with E-state index in [4.69, 9.17) is 0 Å². The zero-order valence-corrected chi connectivity index (χ0v) is 14.6. The second kappa shape index (κ2) is 7.35. The van der Waals surface area contributed by atoms with Crippen molar-refractivity contribution in [3.05, 3.63) is 64.6 Å². The van der Waals surface area contributed by atoms with Gasteiger partial charge in [-0.2, -0.15) is 4.80 Å². The number of hydrogen-bond acceptors (Lipinski definition) is 4. The molecule has 24 heavy (non-hydrogen) atoms. The molecule has 3 rings (SSSR count). The van der Waals surface area contributed by atoms with Crippen LogP contribution in [0.4, 0.5) is 0 Å². The van der Waals surface area contributed by atoms with Crippen LogP contribution in [-0.4, -0.2) is 26.1 Å². The molecular weight excluding hydrogens is 370 g/mol. The molecule has 0 spiro atoms. The first kappa shape index (κ1) is 16.3. The molecule has 1 heterocycles. The van der Waals surface area contributed by atoms with Crippen molar-refractivity contribution in [1.29, 1.82) is 0 Å². The molecule has 0 saturated heterocycles. The topological polar surface area (TPSA) is 72.7 Å². The molecule has 122 valence electrons. The molecule has 1 aromatic heterocycles. The smallest absolute Gasteiger partial charge is 0.244 e. The van der Waals surface area contributed by atoms with Crippen molar-refractivity contribution < 1.29 is 4.79 Å². The van der Waals surface area contributed by atoms with Gasteiger partial charge in [0.2, 0.25) is 11.7 Å². The van der Waals surface area contributed by atoms with Crippen LogP contribution < -0.4 is 5.32 Å². The molecule has 0 radical (unpaired) electrons. The number of nitrogens with one attached hydrogen (secondary N) is 1. The number of carbonyl (C=O) groups is 1. The van der Waals surface area contributed by atoms with Crippen molar-refractivity contribution in [3.8, 4) is 11.4 Å². The molecule has 0 bridgehead atoms. The lowest BCUT2D eigenvalue weighted by Gasteiger charge is -2.14. The van der Waals surface area contributed by atoms with E-state index in [-0.39, 0.29) is 18.5 Å². The van der Waals surface area contributed by atoms with Gasteiger partial charge < -0.3 is 5.32 Å². The average Bonchev–Trinajstić information content (AvgIpc) is 3.04. The van der Waals surface area contributed by atoms with Crippen molar-refractivity contribution in [2.75, 3.05) is 0 Å². The van der Waals surface area contributed by atoms with E-state index in [1.807, 2.05) is 61.5 Å². The quantitative estimate of drug-likeness (QED) is 0.732. The number of tetrazole rings is 1. The van der Waals surface area contributed by atoms with E-state index in [0.717, 1.165) is 15.6 Å². The standard InChI is InChI=1S/C17H16BrN5O/c1-12(13-7-9-15(18)10-8-13)19-16(24)11-23-21-17(20-22-23)14-5-3-2-4-6-14/h2-10,12H,11H2,1H3,(H,19,24). The van der Waals surface area contributed by atoms with Crippen molar-refractivity contribution in [2.45, 2.75) is 19.5 Å². The Kier molecular flexibility index (Phi) is 5.00. The predicted molar refractivity (Wildman–Crippen MR) is 94.0 cm³/mol. The zero-order valence-electron chi connectivity index (χ0n) is 13.1. The molecule has 1 amide bonds. The predicted octanol–water partition coefficient (Wildman–Crippen LogP) is 2.98. The Labute approximate surface area is 148 Å². The Morgan fingerprint density at radius 1 is 1.17 bits per heavy atom. The second-order valence-corrected chi connectivity index (χ2v) is 6.27. The van der Waals surface area contributed by atoms with Crippen molar-refractivity contribution in [1.82, 2.24) is 25.5 Å². The summed E-state index contributed by atoms with van der Waals surface area (Å²) in [6, 6.07) is 17.3. The van der Waals surface area contributed by atoms with Gasteiger partial charge >= 0.3 is 0 Å². The third kappa shape index (κ3) is 4.05. The molecule has 0 aliphatic carbocycles. The summed E-state index contributed by atoms with van der Waals surface area (Å²) in [5.41, 5.74) is 1.90. The summed E-state index contributed by atoms with van der Waals surface area (Å²) in [7, 11) is 0. The average molecular weight is 386 g/mol. The Balaban J connectivity index is 1.61. The van der Waals surface area contributed by atoms with E-state index in [1.165, 1.54) is 4.80 Å². The molecule has 0 aliphatic rings. The van der Waals surface area contributed by atoms with Gasteiger partial charge in [-0.25, -0.2) is 0 Å². The van der Waals surface area contributed by atoms with Crippen LogP contribution in [0.3, 0.4) is 0 Å². The first-order valence-corrected chi connectivity index (χ1v) is 8.29. The van der Waals surface area contributed by atoms with Gasteiger partial charge in [0, 0.05) is 10.0 Å². The Hall–Kier alpha value is -2.54. The maximum absolute atomic E-state index is 12.2. The van der Waals surface area contributed by atoms with Gasteiger partial charge in [0.1, 0.15) is 6.54 Å². The van der Waals surface area contributed by atoms with Gasteiger partial charge in [-0.1, -0.05) is 58.4 Å². The normalized spacial score (nSPS) is 11.9. The number of rotatable bonds is 5. The Morgan fingerprint density at radius 3 is 2.58 bits per heavy atom. The van der Waals surface area contributed by atoms with Crippen LogP contribution in [0.25, 0.3) is 11.4 Å². The molecule has 0 aliphatic heterocycles. The first-order chi connectivity index (χ1) is 11.6. The van der Waals surface area contributed by atoms with Gasteiger partial charge in [0.15, 0.2) is 0 Å². The summed E-state index contributed by atoms with van der Waals surface area (Å²) in [6.45, 7) is 1.96. The summed E-state index contributed by atoms with van der Waals surface area (Å²) in [5.74, 6) is 0.340. The van der Waals surface area contributed by atoms with Gasteiger partial charge in [-0.05, 0) is 29.8 Å². The fourth-order valence-electron chi connectivity index (χ4n) is 2.26. The molecule has 0 saturated carbocycles. The van der Waals surface area contributed by atoms with Gasteiger partial charge in [0.05, 0.1) is 6.04 Å². The lowest BCUT2D eigenvalue weighted by Crippen LogP contribution is -2.30. The molecule has 3 aromatic rings. The van der Waals surface area contributed by atoms with E-state index in [0.29, 0.717) is 5.82 Å². The first-order valence-electron chi connectivity index (χ1n) is 7.50. The largest absolute Gasteiger partial charge is 0.348 e. The van der Waals surface area contributed by atoms with Crippen LogP contribution in [0, 0.1) is 0 Å². The van der Waals surface area contributed by atoms with Gasteiger partial charge in [-0.3, -0.25) is 4.79 Å². The summed E-state index contributed by atoms with van der Waals surface area (Å²) >= 11 is 3.40. The van der Waals surface area contributed by atoms with Crippen molar-refractivity contribution in [2.24, 2.45) is 0 Å². The second-order valence-electron chi connectivity index (χ2n) is 5.35. The summed E-state index contributed by atoms with van der Waals surface area (Å²) in [5, 5.41) is 15.1. The molecule has 2 aromatic carbocycles. The van der Waals surface area contributed by atoms with Crippen molar-refractivity contribution >= 4 is 21.8 Å². The lowest BCUT2D eigenvalue weighted by atomic mass is 10.1. The number of amides is 1. The monoisotopic (exact) mass is 385 g/mol. The summed E-state index contributed by atoms with van der Waals surface area (Å²) in [6.07, 6.45) is 0. The molecule has 1 atom stereocenters. The van der Waals surface area contributed by atoms with Crippen LogP contribution in [0.15, 0.2) is 59.1 Å². The molecule has 7 heteroatoms. The fraction of sp³-hybridized carbons (Fsp3) is 0.176. The molecular formula is C17H16BrN5O. The number of hydrogen-bond donors (Lipinski definition) is 1. The highest BCUT2D eigenvalue weighted by Gasteiger charge is 2.12.